The highest BCUT2D eigenvalue weighted by molar-refractivity contribution is 7.71. The van der Waals surface area contributed by atoms with Crippen LogP contribution in [0.2, 0.25) is 5.02 Å². The minimum Gasteiger partial charge on any atom is -0.497 e. The fraction of sp³-hybridized carbons (Fsp3) is 0.0769. The van der Waals surface area contributed by atoms with Crippen molar-refractivity contribution in [2.24, 2.45) is 0 Å². The first-order chi connectivity index (χ1) is 9.15. The van der Waals surface area contributed by atoms with Crippen molar-refractivity contribution in [3.8, 4) is 23.3 Å². The molecule has 0 unspecified atom stereocenters. The van der Waals surface area contributed by atoms with Gasteiger partial charge >= 0.3 is 0 Å². The molecule has 1 heterocycles. The van der Waals surface area contributed by atoms with Gasteiger partial charge in [0.05, 0.1) is 12.1 Å². The zero-order chi connectivity index (χ0) is 13.8. The van der Waals surface area contributed by atoms with Crippen LogP contribution in [0.15, 0.2) is 30.5 Å². The normalized spacial score (nSPS) is 9.74. The van der Waals surface area contributed by atoms with E-state index in [2.05, 4.69) is 4.98 Å². The third-order valence-corrected chi connectivity index (χ3v) is 3.03. The molecular formula is C13H9ClN2O2S. The number of hydrogen-bond acceptors (Lipinski definition) is 4. The predicted octanol–water partition coefficient (Wildman–Crippen LogP) is 4.07. The number of nitrogens with zero attached hydrogens (tertiary/aromatic N) is 1. The van der Waals surface area contributed by atoms with Crippen molar-refractivity contribution >= 4 is 23.8 Å². The minimum atomic E-state index is 0.261. The largest absolute Gasteiger partial charge is 0.497 e. The Morgan fingerprint density at radius 1 is 1.32 bits per heavy atom. The molecule has 2 rings (SSSR count). The minimum absolute atomic E-state index is 0.261. The number of H-pyrrole nitrogens is 1. The van der Waals surface area contributed by atoms with Crippen LogP contribution in [0.1, 0.15) is 5.56 Å². The lowest BCUT2D eigenvalue weighted by atomic mass is 10.2. The lowest BCUT2D eigenvalue weighted by Gasteiger charge is -2.10. The number of pyridine rings is 1. The summed E-state index contributed by atoms with van der Waals surface area (Å²) in [5, 5.41) is 9.49. The highest BCUT2D eigenvalue weighted by Gasteiger charge is 2.10. The molecule has 0 spiro atoms. The number of nitriles is 1. The number of hydrogen-bond donors (Lipinski definition) is 1. The van der Waals surface area contributed by atoms with Gasteiger partial charge in [-0.2, -0.15) is 5.26 Å². The Kier molecular flexibility index (Phi) is 4.05. The fourth-order valence-electron chi connectivity index (χ4n) is 1.46. The topological polar surface area (TPSA) is 58.0 Å². The number of ether oxygens (including phenoxy) is 2. The number of halogens is 1. The van der Waals surface area contributed by atoms with E-state index in [4.69, 9.17) is 38.6 Å². The lowest BCUT2D eigenvalue weighted by Crippen LogP contribution is -1.92. The Labute approximate surface area is 120 Å². The van der Waals surface area contributed by atoms with E-state index >= 15 is 0 Å². The first kappa shape index (κ1) is 13.4. The molecule has 0 saturated heterocycles. The van der Waals surface area contributed by atoms with E-state index in [0.29, 0.717) is 26.9 Å². The second-order valence-corrected chi connectivity index (χ2v) is 4.37. The zero-order valence-electron chi connectivity index (χ0n) is 9.94. The van der Waals surface area contributed by atoms with Gasteiger partial charge in [-0.25, -0.2) is 0 Å². The number of rotatable bonds is 3. The van der Waals surface area contributed by atoms with Crippen molar-refractivity contribution < 1.29 is 9.47 Å². The third kappa shape index (κ3) is 2.87. The molecule has 0 bridgehead atoms. The predicted molar refractivity (Wildman–Crippen MR) is 74.4 cm³/mol. The maximum atomic E-state index is 9.07. The van der Waals surface area contributed by atoms with E-state index in [-0.39, 0.29) is 5.56 Å². The Morgan fingerprint density at radius 2 is 2.11 bits per heavy atom. The van der Waals surface area contributed by atoms with Crippen LogP contribution in [0.25, 0.3) is 0 Å². The molecule has 0 atom stereocenters. The van der Waals surface area contributed by atoms with E-state index in [1.54, 1.807) is 37.6 Å². The van der Waals surface area contributed by atoms with Crippen molar-refractivity contribution in [3.05, 3.63) is 45.7 Å². The average Bonchev–Trinajstić information content (AvgIpc) is 2.41. The number of aromatic amines is 1. The molecule has 4 nitrogen and oxygen atoms in total. The molecule has 1 N–H and O–H groups in total. The lowest BCUT2D eigenvalue weighted by molar-refractivity contribution is 0.409. The van der Waals surface area contributed by atoms with Crippen LogP contribution in [0, 0.1) is 16.0 Å². The van der Waals surface area contributed by atoms with Crippen LogP contribution in [-0.2, 0) is 0 Å². The number of aromatic nitrogens is 1. The molecule has 96 valence electrons. The standard InChI is InChI=1S/C13H9ClN2O2S/c1-17-8-2-3-10(14)12(6-8)18-11-4-5-16-13(19)9(11)7-15/h2-6H,1H3,(H,16,19). The maximum absolute atomic E-state index is 9.07. The van der Waals surface area contributed by atoms with Crippen LogP contribution >= 0.6 is 23.8 Å². The number of nitrogens with one attached hydrogen (secondary N) is 1. The molecular weight excluding hydrogens is 284 g/mol. The van der Waals surface area contributed by atoms with Crippen LogP contribution in [0.4, 0.5) is 0 Å². The van der Waals surface area contributed by atoms with Gasteiger partial charge in [-0.05, 0) is 18.2 Å². The Bertz CT molecular complexity index is 707. The summed E-state index contributed by atoms with van der Waals surface area (Å²) in [5.74, 6) is 1.36. The summed E-state index contributed by atoms with van der Waals surface area (Å²) in [7, 11) is 1.55. The van der Waals surface area contributed by atoms with Crippen molar-refractivity contribution in [1.82, 2.24) is 4.98 Å². The monoisotopic (exact) mass is 292 g/mol. The molecule has 2 aromatic rings. The number of benzene rings is 1. The van der Waals surface area contributed by atoms with E-state index in [0.717, 1.165) is 0 Å². The molecule has 0 aliphatic carbocycles. The maximum Gasteiger partial charge on any atom is 0.149 e. The van der Waals surface area contributed by atoms with Gasteiger partial charge in [0, 0.05) is 12.3 Å². The van der Waals surface area contributed by atoms with Gasteiger partial charge in [0.25, 0.3) is 0 Å². The van der Waals surface area contributed by atoms with E-state index in [1.165, 1.54) is 0 Å². The summed E-state index contributed by atoms with van der Waals surface area (Å²) in [5.41, 5.74) is 0.261. The summed E-state index contributed by atoms with van der Waals surface area (Å²) in [6.07, 6.45) is 1.60. The molecule has 1 aromatic heterocycles. The highest BCUT2D eigenvalue weighted by Crippen LogP contribution is 2.33. The summed E-state index contributed by atoms with van der Waals surface area (Å²) in [6.45, 7) is 0. The zero-order valence-corrected chi connectivity index (χ0v) is 11.5. The number of methoxy groups -OCH3 is 1. The summed E-state index contributed by atoms with van der Waals surface area (Å²) in [6, 6.07) is 8.63. The SMILES string of the molecule is COc1ccc(Cl)c(Oc2cc[nH]c(=S)c2C#N)c1. The third-order valence-electron chi connectivity index (χ3n) is 2.39. The summed E-state index contributed by atoms with van der Waals surface area (Å²) in [4.78, 5) is 2.77. The molecule has 19 heavy (non-hydrogen) atoms. The van der Waals surface area contributed by atoms with Gasteiger partial charge < -0.3 is 14.5 Å². The van der Waals surface area contributed by atoms with Gasteiger partial charge in [0.1, 0.15) is 33.5 Å². The van der Waals surface area contributed by atoms with E-state index < -0.39 is 0 Å². The molecule has 0 fully saturated rings. The van der Waals surface area contributed by atoms with Crippen molar-refractivity contribution in [2.45, 2.75) is 0 Å². The van der Waals surface area contributed by atoms with E-state index in [9.17, 15) is 0 Å². The molecule has 1 aromatic carbocycles. The first-order valence-corrected chi connectivity index (χ1v) is 6.07. The van der Waals surface area contributed by atoms with Crippen LogP contribution in [0.5, 0.6) is 17.2 Å². The fourth-order valence-corrected chi connectivity index (χ4v) is 1.83. The average molecular weight is 293 g/mol. The molecule has 6 heteroatoms. The summed E-state index contributed by atoms with van der Waals surface area (Å²) < 4.78 is 11.0. The van der Waals surface area contributed by atoms with Crippen molar-refractivity contribution in [3.63, 3.8) is 0 Å². The van der Waals surface area contributed by atoms with Gasteiger partial charge in [0.2, 0.25) is 0 Å². The Morgan fingerprint density at radius 3 is 2.79 bits per heavy atom. The second-order valence-electron chi connectivity index (χ2n) is 3.56. The van der Waals surface area contributed by atoms with Gasteiger partial charge in [-0.3, -0.25) is 0 Å². The highest BCUT2D eigenvalue weighted by atomic mass is 35.5. The van der Waals surface area contributed by atoms with Crippen molar-refractivity contribution in [1.29, 1.82) is 5.26 Å². The van der Waals surface area contributed by atoms with Crippen LogP contribution in [-0.4, -0.2) is 12.1 Å². The van der Waals surface area contributed by atoms with Crippen LogP contribution < -0.4 is 9.47 Å². The summed E-state index contributed by atoms with van der Waals surface area (Å²) >= 11 is 11.1. The van der Waals surface area contributed by atoms with Gasteiger partial charge in [0.15, 0.2) is 0 Å². The Balaban J connectivity index is 2.45. The molecule has 0 radical (unpaired) electrons. The van der Waals surface area contributed by atoms with E-state index in [1.807, 2.05) is 6.07 Å². The Hall–Kier alpha value is -2.03. The van der Waals surface area contributed by atoms with Gasteiger partial charge in [-0.15, -0.1) is 0 Å². The first-order valence-electron chi connectivity index (χ1n) is 5.29. The quantitative estimate of drug-likeness (QED) is 0.866. The molecule has 0 amide bonds. The molecule has 0 aliphatic rings. The second kappa shape index (κ2) is 5.74. The smallest absolute Gasteiger partial charge is 0.149 e. The van der Waals surface area contributed by atoms with Crippen molar-refractivity contribution in [2.75, 3.05) is 7.11 Å². The van der Waals surface area contributed by atoms with Gasteiger partial charge in [-0.1, -0.05) is 23.8 Å². The molecule has 0 aliphatic heterocycles. The van der Waals surface area contributed by atoms with Crippen LogP contribution in [0.3, 0.4) is 0 Å². The molecule has 0 saturated carbocycles.